The van der Waals surface area contributed by atoms with Gasteiger partial charge in [0.25, 0.3) is 0 Å². The Morgan fingerprint density at radius 1 is 1.50 bits per heavy atom. The number of rotatable bonds is 0. The summed E-state index contributed by atoms with van der Waals surface area (Å²) in [6.07, 6.45) is 0.558. The number of benzene rings is 1. The number of carbonyl (C=O) groups excluding carboxylic acids is 1. The van der Waals surface area contributed by atoms with E-state index >= 15 is 0 Å². The number of halogens is 1. The van der Waals surface area contributed by atoms with Crippen molar-refractivity contribution in [3.63, 3.8) is 0 Å². The molecule has 2 nitrogen and oxygen atoms in total. The topological polar surface area (TPSA) is 20.3 Å². The summed E-state index contributed by atoms with van der Waals surface area (Å²) in [5, 5.41) is 0. The molecule has 1 aromatic rings. The first-order valence-corrected chi connectivity index (χ1v) is 4.81. The van der Waals surface area contributed by atoms with Crippen LogP contribution in [-0.2, 0) is 11.2 Å². The van der Waals surface area contributed by atoms with Crippen LogP contribution >= 0.6 is 22.6 Å². The van der Waals surface area contributed by atoms with E-state index in [1.807, 2.05) is 25.2 Å². The summed E-state index contributed by atoms with van der Waals surface area (Å²) in [6.45, 7) is 0. The Labute approximate surface area is 84.7 Å². The summed E-state index contributed by atoms with van der Waals surface area (Å²) >= 11 is 2.25. The van der Waals surface area contributed by atoms with Gasteiger partial charge in [-0.05, 0) is 40.3 Å². The lowest BCUT2D eigenvalue weighted by Gasteiger charge is -2.09. The molecule has 1 amide bonds. The number of nitrogens with zero attached hydrogens (tertiary/aromatic N) is 1. The molecule has 0 saturated carbocycles. The zero-order chi connectivity index (χ0) is 8.72. The Balaban J connectivity index is 2.55. The second kappa shape index (κ2) is 2.73. The fraction of sp³-hybridized carbons (Fsp3) is 0.222. The highest BCUT2D eigenvalue weighted by molar-refractivity contribution is 14.1. The van der Waals surface area contributed by atoms with E-state index in [0.29, 0.717) is 6.42 Å². The van der Waals surface area contributed by atoms with Gasteiger partial charge in [0.15, 0.2) is 0 Å². The average molecular weight is 273 g/mol. The summed E-state index contributed by atoms with van der Waals surface area (Å²) in [6, 6.07) is 6.10. The molecule has 3 heteroatoms. The first-order chi connectivity index (χ1) is 5.68. The quantitative estimate of drug-likeness (QED) is 0.660. The minimum atomic E-state index is 0.187. The van der Waals surface area contributed by atoms with Gasteiger partial charge in [0, 0.05) is 16.3 Å². The zero-order valence-corrected chi connectivity index (χ0v) is 8.83. The highest BCUT2D eigenvalue weighted by atomic mass is 127. The Morgan fingerprint density at radius 3 is 3.00 bits per heavy atom. The number of hydrogen-bond donors (Lipinski definition) is 0. The fourth-order valence-electron chi connectivity index (χ4n) is 1.41. The molecule has 1 aliphatic rings. The molecule has 0 saturated heterocycles. The molecule has 0 unspecified atom stereocenters. The van der Waals surface area contributed by atoms with Crippen LogP contribution in [0.15, 0.2) is 18.2 Å². The van der Waals surface area contributed by atoms with Crippen molar-refractivity contribution >= 4 is 34.2 Å². The minimum absolute atomic E-state index is 0.187. The summed E-state index contributed by atoms with van der Waals surface area (Å²) < 4.78 is 1.17. The van der Waals surface area contributed by atoms with Gasteiger partial charge in [0.05, 0.1) is 6.42 Å². The molecule has 0 N–H and O–H groups in total. The molecule has 12 heavy (non-hydrogen) atoms. The molecule has 0 aromatic heterocycles. The van der Waals surface area contributed by atoms with E-state index in [9.17, 15) is 4.79 Å². The monoisotopic (exact) mass is 273 g/mol. The van der Waals surface area contributed by atoms with Crippen LogP contribution in [0, 0.1) is 3.57 Å². The molecule has 0 aliphatic carbocycles. The molecule has 1 aliphatic heterocycles. The van der Waals surface area contributed by atoms with Crippen molar-refractivity contribution < 1.29 is 4.79 Å². The van der Waals surface area contributed by atoms with Gasteiger partial charge < -0.3 is 4.90 Å². The maximum atomic E-state index is 11.3. The smallest absolute Gasteiger partial charge is 0.231 e. The van der Waals surface area contributed by atoms with Crippen LogP contribution in [0.2, 0.25) is 0 Å². The van der Waals surface area contributed by atoms with Gasteiger partial charge >= 0.3 is 0 Å². The summed E-state index contributed by atoms with van der Waals surface area (Å²) in [5.74, 6) is 0.187. The Morgan fingerprint density at radius 2 is 2.25 bits per heavy atom. The predicted octanol–water partition coefficient (Wildman–Crippen LogP) is 1.81. The highest BCUT2D eigenvalue weighted by Gasteiger charge is 2.23. The van der Waals surface area contributed by atoms with E-state index in [2.05, 4.69) is 22.6 Å². The lowest BCUT2D eigenvalue weighted by molar-refractivity contribution is -0.117. The fourth-order valence-corrected chi connectivity index (χ4v) is 1.89. The SMILES string of the molecule is CN1C(=O)Cc2ccc(I)cc21. The maximum Gasteiger partial charge on any atom is 0.231 e. The largest absolute Gasteiger partial charge is 0.315 e. The van der Waals surface area contributed by atoms with E-state index in [1.54, 1.807) is 4.90 Å². The third kappa shape index (κ3) is 1.12. The summed E-state index contributed by atoms with van der Waals surface area (Å²) in [5.41, 5.74) is 2.20. The first kappa shape index (κ1) is 8.04. The molecule has 0 bridgehead atoms. The lowest BCUT2D eigenvalue weighted by Crippen LogP contribution is -2.20. The van der Waals surface area contributed by atoms with Crippen LogP contribution < -0.4 is 4.90 Å². The van der Waals surface area contributed by atoms with Gasteiger partial charge in [0.1, 0.15) is 0 Å². The molecule has 0 atom stereocenters. The van der Waals surface area contributed by atoms with E-state index in [-0.39, 0.29) is 5.91 Å². The van der Waals surface area contributed by atoms with E-state index in [4.69, 9.17) is 0 Å². The van der Waals surface area contributed by atoms with Gasteiger partial charge in [-0.2, -0.15) is 0 Å². The molecule has 0 spiro atoms. The lowest BCUT2D eigenvalue weighted by atomic mass is 10.2. The van der Waals surface area contributed by atoms with Crippen molar-refractivity contribution in [2.45, 2.75) is 6.42 Å². The van der Waals surface area contributed by atoms with Crippen LogP contribution in [0.1, 0.15) is 5.56 Å². The van der Waals surface area contributed by atoms with Gasteiger partial charge in [-0.1, -0.05) is 6.07 Å². The molecular weight excluding hydrogens is 265 g/mol. The summed E-state index contributed by atoms with van der Waals surface area (Å²) in [7, 11) is 1.82. The molecule has 1 aromatic carbocycles. The van der Waals surface area contributed by atoms with Crippen LogP contribution in [0.5, 0.6) is 0 Å². The third-order valence-electron chi connectivity index (χ3n) is 2.12. The second-order valence-corrected chi connectivity index (χ2v) is 4.15. The van der Waals surface area contributed by atoms with Crippen molar-refractivity contribution in [1.29, 1.82) is 0 Å². The van der Waals surface area contributed by atoms with Crippen LogP contribution in [-0.4, -0.2) is 13.0 Å². The van der Waals surface area contributed by atoms with Crippen molar-refractivity contribution in [3.8, 4) is 0 Å². The molecule has 62 valence electrons. The number of carbonyl (C=O) groups is 1. The van der Waals surface area contributed by atoms with Gasteiger partial charge in [-0.15, -0.1) is 0 Å². The molecular formula is C9H8INO. The molecule has 0 radical (unpaired) electrons. The number of hydrogen-bond acceptors (Lipinski definition) is 1. The number of fused-ring (bicyclic) bond motifs is 1. The van der Waals surface area contributed by atoms with E-state index in [0.717, 1.165) is 11.3 Å². The normalized spacial score (nSPS) is 15.2. The number of likely N-dealkylation sites (N-methyl/N-ethyl adjacent to an activating group) is 1. The van der Waals surface area contributed by atoms with Crippen LogP contribution in [0.3, 0.4) is 0 Å². The molecule has 0 fully saturated rings. The molecule has 2 rings (SSSR count). The number of amides is 1. The van der Waals surface area contributed by atoms with Crippen LogP contribution in [0.4, 0.5) is 5.69 Å². The van der Waals surface area contributed by atoms with Gasteiger partial charge in [-0.25, -0.2) is 0 Å². The van der Waals surface area contributed by atoms with Crippen molar-refractivity contribution in [2.24, 2.45) is 0 Å². The Hall–Kier alpha value is -0.580. The third-order valence-corrected chi connectivity index (χ3v) is 2.80. The van der Waals surface area contributed by atoms with E-state index < -0.39 is 0 Å². The van der Waals surface area contributed by atoms with Gasteiger partial charge in [-0.3, -0.25) is 4.79 Å². The first-order valence-electron chi connectivity index (χ1n) is 3.73. The zero-order valence-electron chi connectivity index (χ0n) is 6.67. The Kier molecular flexibility index (Phi) is 1.83. The van der Waals surface area contributed by atoms with E-state index in [1.165, 1.54) is 3.57 Å². The maximum absolute atomic E-state index is 11.3. The second-order valence-electron chi connectivity index (χ2n) is 2.90. The standard InChI is InChI=1S/C9H8INO/c1-11-8-5-7(10)3-2-6(8)4-9(11)12/h2-3,5H,4H2,1H3. The Bertz CT molecular complexity index is 348. The average Bonchev–Trinajstić information content (AvgIpc) is 2.31. The minimum Gasteiger partial charge on any atom is -0.315 e. The van der Waals surface area contributed by atoms with Crippen molar-refractivity contribution in [2.75, 3.05) is 11.9 Å². The van der Waals surface area contributed by atoms with Gasteiger partial charge in [0.2, 0.25) is 5.91 Å². The predicted molar refractivity (Wildman–Crippen MR) is 56.3 cm³/mol. The van der Waals surface area contributed by atoms with Crippen molar-refractivity contribution in [3.05, 3.63) is 27.3 Å². The van der Waals surface area contributed by atoms with Crippen LogP contribution in [0.25, 0.3) is 0 Å². The molecule has 1 heterocycles. The number of anilines is 1. The van der Waals surface area contributed by atoms with Crippen molar-refractivity contribution in [1.82, 2.24) is 0 Å². The summed E-state index contributed by atoms with van der Waals surface area (Å²) in [4.78, 5) is 13.0. The highest BCUT2D eigenvalue weighted by Crippen LogP contribution is 2.28.